The van der Waals surface area contributed by atoms with Crippen LogP contribution in [0.2, 0.25) is 0 Å². The number of carbonyl (C=O) groups is 1. The van der Waals surface area contributed by atoms with E-state index in [-0.39, 0.29) is 16.4 Å². The lowest BCUT2D eigenvalue weighted by Gasteiger charge is -2.13. The molecule has 1 aromatic rings. The Kier molecular flexibility index (Phi) is 4.30. The van der Waals surface area contributed by atoms with Gasteiger partial charge in [0.05, 0.1) is 15.1 Å². The van der Waals surface area contributed by atoms with E-state index in [1.807, 2.05) is 6.92 Å². The molecule has 0 atom stereocenters. The van der Waals surface area contributed by atoms with Crippen LogP contribution in [-0.2, 0) is 14.8 Å². The Morgan fingerprint density at radius 2 is 1.62 bits per heavy atom. The third kappa shape index (κ3) is 3.22. The van der Waals surface area contributed by atoms with Crippen molar-refractivity contribution in [1.82, 2.24) is 0 Å². The third-order valence-corrected chi connectivity index (χ3v) is 5.42. The molecule has 0 spiro atoms. The van der Waals surface area contributed by atoms with Gasteiger partial charge in [0.1, 0.15) is 0 Å². The van der Waals surface area contributed by atoms with Crippen LogP contribution in [-0.4, -0.2) is 19.9 Å². The first kappa shape index (κ1) is 15.9. The summed E-state index contributed by atoms with van der Waals surface area (Å²) < 4.78 is 28.8. The molecule has 0 amide bonds. The summed E-state index contributed by atoms with van der Waals surface area (Å²) in [5.74, 6) is -0.154. The van der Waals surface area contributed by atoms with Crippen LogP contribution in [0, 0.1) is 6.92 Å². The maximum absolute atomic E-state index is 12.3. The van der Waals surface area contributed by atoms with Crippen molar-refractivity contribution in [1.29, 1.82) is 0 Å². The highest BCUT2D eigenvalue weighted by Gasteiger charge is 2.23. The van der Waals surface area contributed by atoms with Gasteiger partial charge in [0.15, 0.2) is 5.78 Å². The van der Waals surface area contributed by atoms with Gasteiger partial charge in [-0.3, -0.25) is 4.79 Å². The van der Waals surface area contributed by atoms with Gasteiger partial charge < -0.3 is 0 Å². The molecule has 0 bridgehead atoms. The molecule has 0 saturated heterocycles. The molecule has 0 N–H and O–H groups in total. The van der Waals surface area contributed by atoms with Crippen molar-refractivity contribution in [3.8, 4) is 0 Å². The number of hydrogen-bond donors (Lipinski definition) is 0. The van der Waals surface area contributed by atoms with Crippen LogP contribution in [0.1, 0.15) is 19.4 Å². The minimum absolute atomic E-state index is 0.132. The van der Waals surface area contributed by atoms with E-state index in [4.69, 9.17) is 0 Å². The summed E-state index contributed by atoms with van der Waals surface area (Å²) in [5.41, 5.74) is 2.21. The van der Waals surface area contributed by atoms with Gasteiger partial charge in [-0.15, -0.1) is 0 Å². The highest BCUT2D eigenvalue weighted by molar-refractivity contribution is 9.12. The molecule has 6 heteroatoms. The van der Waals surface area contributed by atoms with E-state index in [1.54, 1.807) is 26.0 Å². The maximum Gasteiger partial charge on any atom is 0.282 e. The standard InChI is InChI=1S/C15H14BrNO3S/c1-9-4-6-12(7-5-9)21(19,20)17-13-8-10(2)15(18)14(16)11(13)3/h4-8H,1-3H3/b17-13+. The molecule has 0 unspecified atom stereocenters. The lowest BCUT2D eigenvalue weighted by molar-refractivity contribution is -0.111. The van der Waals surface area contributed by atoms with Crippen molar-refractivity contribution in [2.24, 2.45) is 4.40 Å². The van der Waals surface area contributed by atoms with Gasteiger partial charge in [-0.25, -0.2) is 0 Å². The highest BCUT2D eigenvalue weighted by atomic mass is 79.9. The van der Waals surface area contributed by atoms with Gasteiger partial charge in [-0.2, -0.15) is 12.8 Å². The Labute approximate surface area is 132 Å². The number of ketones is 1. The Morgan fingerprint density at radius 3 is 2.19 bits per heavy atom. The fraction of sp³-hybridized carbons (Fsp3) is 0.200. The molecule has 0 aromatic heterocycles. The number of carbonyl (C=O) groups excluding carboxylic acids is 1. The number of rotatable bonds is 2. The second-order valence-corrected chi connectivity index (χ2v) is 7.26. The highest BCUT2D eigenvalue weighted by Crippen LogP contribution is 2.25. The zero-order valence-electron chi connectivity index (χ0n) is 11.8. The third-order valence-electron chi connectivity index (χ3n) is 3.16. The van der Waals surface area contributed by atoms with Crippen molar-refractivity contribution in [2.75, 3.05) is 0 Å². The second-order valence-electron chi connectivity index (χ2n) is 4.86. The average Bonchev–Trinajstić information content (AvgIpc) is 2.42. The van der Waals surface area contributed by atoms with Crippen molar-refractivity contribution in [2.45, 2.75) is 25.7 Å². The topological polar surface area (TPSA) is 63.6 Å². The zero-order chi connectivity index (χ0) is 15.8. The lowest BCUT2D eigenvalue weighted by atomic mass is 9.99. The number of hydrogen-bond acceptors (Lipinski definition) is 3. The van der Waals surface area contributed by atoms with E-state index >= 15 is 0 Å². The molecule has 110 valence electrons. The number of aryl methyl sites for hydroxylation is 1. The predicted octanol–water partition coefficient (Wildman–Crippen LogP) is 3.32. The fourth-order valence-corrected chi connectivity index (χ4v) is 3.37. The molecular formula is C15H14BrNO3S. The number of nitrogens with zero attached hydrogens (tertiary/aromatic N) is 1. The number of sulfonamides is 1. The van der Waals surface area contributed by atoms with E-state index in [9.17, 15) is 13.2 Å². The summed E-state index contributed by atoms with van der Waals surface area (Å²) in [7, 11) is -3.80. The van der Waals surface area contributed by atoms with Gasteiger partial charge in [-0.05, 0) is 66.1 Å². The first-order chi connectivity index (χ1) is 9.72. The Hall–Kier alpha value is -1.53. The maximum atomic E-state index is 12.3. The second kappa shape index (κ2) is 5.69. The normalized spacial score (nSPS) is 18.2. The molecule has 1 aromatic carbocycles. The number of allylic oxidation sites excluding steroid dienone is 4. The summed E-state index contributed by atoms with van der Waals surface area (Å²) in [6.45, 7) is 5.17. The minimum Gasteiger partial charge on any atom is -0.288 e. The van der Waals surface area contributed by atoms with E-state index < -0.39 is 10.0 Å². The molecule has 1 aliphatic rings. The van der Waals surface area contributed by atoms with Gasteiger partial charge in [0.2, 0.25) is 0 Å². The molecule has 0 aliphatic heterocycles. The van der Waals surface area contributed by atoms with E-state index in [0.717, 1.165) is 5.56 Å². The molecule has 4 nitrogen and oxygen atoms in total. The molecule has 2 rings (SSSR count). The molecule has 0 heterocycles. The largest absolute Gasteiger partial charge is 0.288 e. The molecule has 21 heavy (non-hydrogen) atoms. The molecule has 0 fully saturated rings. The van der Waals surface area contributed by atoms with Crippen LogP contribution in [0.25, 0.3) is 0 Å². The summed E-state index contributed by atoms with van der Waals surface area (Å²) in [5, 5.41) is 0. The molecular weight excluding hydrogens is 354 g/mol. The van der Waals surface area contributed by atoms with Gasteiger partial charge >= 0.3 is 0 Å². The lowest BCUT2D eigenvalue weighted by Crippen LogP contribution is -2.15. The SMILES string of the molecule is CC1=C/C(=N\S(=O)(=O)c2ccc(C)cc2)C(C)=C(Br)C1=O. The Balaban J connectivity index is 2.52. The van der Waals surface area contributed by atoms with Crippen molar-refractivity contribution in [3.63, 3.8) is 0 Å². The quantitative estimate of drug-likeness (QED) is 0.753. The summed E-state index contributed by atoms with van der Waals surface area (Å²) in [6.07, 6.45) is 1.49. The molecule has 1 aliphatic carbocycles. The summed E-state index contributed by atoms with van der Waals surface area (Å²) in [6, 6.07) is 6.48. The first-order valence-electron chi connectivity index (χ1n) is 6.24. The Morgan fingerprint density at radius 1 is 1.05 bits per heavy atom. The van der Waals surface area contributed by atoms with Crippen LogP contribution in [0.15, 0.2) is 55.3 Å². The van der Waals surface area contributed by atoms with Crippen molar-refractivity contribution in [3.05, 3.63) is 51.5 Å². The smallest absolute Gasteiger partial charge is 0.282 e. The van der Waals surface area contributed by atoms with Crippen molar-refractivity contribution >= 4 is 37.4 Å². The van der Waals surface area contributed by atoms with E-state index in [2.05, 4.69) is 20.3 Å². The van der Waals surface area contributed by atoms with Gasteiger partial charge in [-0.1, -0.05) is 17.7 Å². The van der Waals surface area contributed by atoms with E-state index in [1.165, 1.54) is 18.2 Å². The molecule has 0 saturated carbocycles. The monoisotopic (exact) mass is 367 g/mol. The minimum atomic E-state index is -3.80. The Bertz CT molecular complexity index is 800. The van der Waals surface area contributed by atoms with Crippen LogP contribution < -0.4 is 0 Å². The fourth-order valence-electron chi connectivity index (χ4n) is 1.82. The van der Waals surface area contributed by atoms with Gasteiger partial charge in [0, 0.05) is 0 Å². The van der Waals surface area contributed by atoms with Gasteiger partial charge in [0.25, 0.3) is 10.0 Å². The average molecular weight is 368 g/mol. The van der Waals surface area contributed by atoms with Crippen LogP contribution >= 0.6 is 15.9 Å². The zero-order valence-corrected chi connectivity index (χ0v) is 14.2. The number of halogens is 1. The molecule has 0 radical (unpaired) electrons. The van der Waals surface area contributed by atoms with E-state index in [0.29, 0.717) is 15.6 Å². The number of benzene rings is 1. The van der Waals surface area contributed by atoms with Crippen LogP contribution in [0.4, 0.5) is 0 Å². The van der Waals surface area contributed by atoms with Crippen LogP contribution in [0.5, 0.6) is 0 Å². The van der Waals surface area contributed by atoms with Crippen LogP contribution in [0.3, 0.4) is 0 Å². The number of Topliss-reactive ketones (excluding diaryl/α,β-unsaturated/α-hetero) is 1. The summed E-state index contributed by atoms with van der Waals surface area (Å²) in [4.78, 5) is 11.9. The van der Waals surface area contributed by atoms with Crippen molar-refractivity contribution < 1.29 is 13.2 Å². The predicted molar refractivity (Wildman–Crippen MR) is 86.2 cm³/mol. The first-order valence-corrected chi connectivity index (χ1v) is 8.47. The summed E-state index contributed by atoms with van der Waals surface area (Å²) >= 11 is 3.19.